The molecule has 1 aromatic rings. The van der Waals surface area contributed by atoms with Gasteiger partial charge in [-0.25, -0.2) is 0 Å². The molecule has 0 bridgehead atoms. The molecule has 1 aliphatic heterocycles. The smallest absolute Gasteiger partial charge is 0.124 e. The average Bonchev–Trinajstić information content (AvgIpc) is 2.70. The van der Waals surface area contributed by atoms with E-state index in [9.17, 15) is 0 Å². The third-order valence-electron chi connectivity index (χ3n) is 2.95. The summed E-state index contributed by atoms with van der Waals surface area (Å²) in [5.41, 5.74) is 1.03. The lowest BCUT2D eigenvalue weighted by molar-refractivity contribution is 0.174. The molecule has 0 spiro atoms. The molecule has 4 nitrogen and oxygen atoms in total. The molecule has 1 aliphatic rings. The minimum Gasteiger partial charge on any atom is -0.364 e. The standard InChI is InChI=1S/C12H21N3O/c1-10(2)13-11-4-3-6-15(8-11)9-12-5-7-16-14-12/h5,7,10-11,13H,3-4,6,8-9H2,1-2H3. The molecule has 0 radical (unpaired) electrons. The molecule has 0 saturated carbocycles. The molecule has 2 heterocycles. The first kappa shape index (κ1) is 11.6. The van der Waals surface area contributed by atoms with Crippen molar-refractivity contribution >= 4 is 0 Å². The van der Waals surface area contributed by atoms with Gasteiger partial charge in [0.1, 0.15) is 6.26 Å². The van der Waals surface area contributed by atoms with Crippen molar-refractivity contribution in [1.29, 1.82) is 0 Å². The Balaban J connectivity index is 1.82. The maximum atomic E-state index is 4.86. The number of nitrogens with one attached hydrogen (secondary N) is 1. The van der Waals surface area contributed by atoms with Gasteiger partial charge >= 0.3 is 0 Å². The maximum absolute atomic E-state index is 4.86. The predicted octanol–water partition coefficient (Wildman–Crippen LogP) is 1.64. The first-order chi connectivity index (χ1) is 7.74. The Labute approximate surface area is 97.0 Å². The van der Waals surface area contributed by atoms with Gasteiger partial charge in [-0.05, 0) is 19.4 Å². The Kier molecular flexibility index (Phi) is 3.96. The van der Waals surface area contributed by atoms with E-state index < -0.39 is 0 Å². The van der Waals surface area contributed by atoms with E-state index in [2.05, 4.69) is 29.2 Å². The first-order valence-electron chi connectivity index (χ1n) is 6.11. The Bertz CT molecular complexity index is 297. The second-order valence-electron chi connectivity index (χ2n) is 4.89. The highest BCUT2D eigenvalue weighted by atomic mass is 16.5. The topological polar surface area (TPSA) is 41.3 Å². The second kappa shape index (κ2) is 5.46. The van der Waals surface area contributed by atoms with Crippen LogP contribution in [0.5, 0.6) is 0 Å². The highest BCUT2D eigenvalue weighted by molar-refractivity contribution is 4.96. The summed E-state index contributed by atoms with van der Waals surface area (Å²) in [7, 11) is 0. The van der Waals surface area contributed by atoms with Crippen molar-refractivity contribution in [1.82, 2.24) is 15.4 Å². The van der Waals surface area contributed by atoms with Crippen molar-refractivity contribution < 1.29 is 4.52 Å². The van der Waals surface area contributed by atoms with Crippen molar-refractivity contribution in [3.63, 3.8) is 0 Å². The van der Waals surface area contributed by atoms with Crippen LogP contribution in [0.1, 0.15) is 32.4 Å². The SMILES string of the molecule is CC(C)NC1CCCN(Cc2ccon2)C1. The van der Waals surface area contributed by atoms with Crippen molar-refractivity contribution in [2.75, 3.05) is 13.1 Å². The molecule has 0 amide bonds. The van der Waals surface area contributed by atoms with Gasteiger partial charge in [-0.15, -0.1) is 0 Å². The monoisotopic (exact) mass is 223 g/mol. The van der Waals surface area contributed by atoms with Crippen molar-refractivity contribution in [3.8, 4) is 0 Å². The van der Waals surface area contributed by atoms with Crippen LogP contribution >= 0.6 is 0 Å². The third-order valence-corrected chi connectivity index (χ3v) is 2.95. The molecular weight excluding hydrogens is 202 g/mol. The molecule has 1 N–H and O–H groups in total. The Morgan fingerprint density at radius 2 is 2.50 bits per heavy atom. The highest BCUT2D eigenvalue weighted by Crippen LogP contribution is 2.13. The molecule has 1 aromatic heterocycles. The molecule has 90 valence electrons. The molecule has 1 fully saturated rings. The summed E-state index contributed by atoms with van der Waals surface area (Å²) in [6, 6.07) is 3.14. The number of hydrogen-bond acceptors (Lipinski definition) is 4. The Morgan fingerprint density at radius 1 is 1.62 bits per heavy atom. The number of hydrogen-bond donors (Lipinski definition) is 1. The second-order valence-corrected chi connectivity index (χ2v) is 4.89. The van der Waals surface area contributed by atoms with Gasteiger partial charge in [0, 0.05) is 31.2 Å². The van der Waals surface area contributed by atoms with Crippen LogP contribution < -0.4 is 5.32 Å². The third kappa shape index (κ3) is 3.32. The number of piperidine rings is 1. The first-order valence-corrected chi connectivity index (χ1v) is 6.11. The van der Waals surface area contributed by atoms with E-state index in [1.165, 1.54) is 19.4 Å². The van der Waals surface area contributed by atoms with Crippen molar-refractivity contribution in [2.24, 2.45) is 0 Å². The normalized spacial score (nSPS) is 22.8. The summed E-state index contributed by atoms with van der Waals surface area (Å²) in [6.45, 7) is 7.61. The van der Waals surface area contributed by atoms with Gasteiger partial charge in [-0.1, -0.05) is 19.0 Å². The summed E-state index contributed by atoms with van der Waals surface area (Å²) in [6.07, 6.45) is 4.19. The van der Waals surface area contributed by atoms with E-state index in [4.69, 9.17) is 4.52 Å². The van der Waals surface area contributed by atoms with Crippen LogP contribution in [0.25, 0.3) is 0 Å². The van der Waals surface area contributed by atoms with Crippen LogP contribution in [-0.4, -0.2) is 35.2 Å². The summed E-state index contributed by atoms with van der Waals surface area (Å²) in [4.78, 5) is 2.45. The minimum atomic E-state index is 0.567. The predicted molar refractivity (Wildman–Crippen MR) is 63.1 cm³/mol. The molecule has 1 unspecified atom stereocenters. The molecule has 4 heteroatoms. The highest BCUT2D eigenvalue weighted by Gasteiger charge is 2.20. The van der Waals surface area contributed by atoms with Crippen LogP contribution in [0, 0.1) is 0 Å². The maximum Gasteiger partial charge on any atom is 0.124 e. The Hall–Kier alpha value is -0.870. The van der Waals surface area contributed by atoms with E-state index in [-0.39, 0.29) is 0 Å². The van der Waals surface area contributed by atoms with Crippen molar-refractivity contribution in [3.05, 3.63) is 18.0 Å². The van der Waals surface area contributed by atoms with Gasteiger partial charge in [0.25, 0.3) is 0 Å². The molecule has 0 aliphatic carbocycles. The average molecular weight is 223 g/mol. The largest absolute Gasteiger partial charge is 0.364 e. The zero-order chi connectivity index (χ0) is 11.4. The fourth-order valence-electron chi connectivity index (χ4n) is 2.35. The van der Waals surface area contributed by atoms with E-state index in [0.717, 1.165) is 18.8 Å². The van der Waals surface area contributed by atoms with Crippen LogP contribution in [0.15, 0.2) is 16.9 Å². The lowest BCUT2D eigenvalue weighted by atomic mass is 10.0. The zero-order valence-corrected chi connectivity index (χ0v) is 10.1. The zero-order valence-electron chi connectivity index (χ0n) is 10.1. The molecule has 1 saturated heterocycles. The van der Waals surface area contributed by atoms with E-state index in [0.29, 0.717) is 12.1 Å². The van der Waals surface area contributed by atoms with Crippen LogP contribution in [0.4, 0.5) is 0 Å². The van der Waals surface area contributed by atoms with Gasteiger partial charge < -0.3 is 9.84 Å². The number of rotatable bonds is 4. The fraction of sp³-hybridized carbons (Fsp3) is 0.750. The van der Waals surface area contributed by atoms with Crippen molar-refractivity contribution in [2.45, 2.75) is 45.3 Å². The fourth-order valence-corrected chi connectivity index (χ4v) is 2.35. The van der Waals surface area contributed by atoms with Crippen LogP contribution in [0.2, 0.25) is 0 Å². The summed E-state index contributed by atoms with van der Waals surface area (Å²) >= 11 is 0. The van der Waals surface area contributed by atoms with E-state index in [1.807, 2.05) is 6.07 Å². The van der Waals surface area contributed by atoms with Gasteiger partial charge in [-0.2, -0.15) is 0 Å². The van der Waals surface area contributed by atoms with Gasteiger partial charge in [-0.3, -0.25) is 4.90 Å². The quantitative estimate of drug-likeness (QED) is 0.842. The van der Waals surface area contributed by atoms with E-state index in [1.54, 1.807) is 6.26 Å². The number of aromatic nitrogens is 1. The minimum absolute atomic E-state index is 0.567. The molecule has 0 aromatic carbocycles. The van der Waals surface area contributed by atoms with E-state index >= 15 is 0 Å². The number of nitrogens with zero attached hydrogens (tertiary/aromatic N) is 2. The summed E-state index contributed by atoms with van der Waals surface area (Å²) in [5, 5.41) is 7.56. The van der Waals surface area contributed by atoms with Crippen LogP contribution in [0.3, 0.4) is 0 Å². The van der Waals surface area contributed by atoms with Crippen LogP contribution in [-0.2, 0) is 6.54 Å². The van der Waals surface area contributed by atoms with Gasteiger partial charge in [0.15, 0.2) is 0 Å². The lowest BCUT2D eigenvalue weighted by Gasteiger charge is -2.33. The molecular formula is C12H21N3O. The van der Waals surface area contributed by atoms with Gasteiger partial charge in [0.05, 0.1) is 5.69 Å². The molecule has 16 heavy (non-hydrogen) atoms. The summed E-state index contributed by atoms with van der Waals surface area (Å²) < 4.78 is 4.86. The molecule has 1 atom stereocenters. The Morgan fingerprint density at radius 3 is 3.19 bits per heavy atom. The summed E-state index contributed by atoms with van der Waals surface area (Å²) in [5.74, 6) is 0. The number of likely N-dealkylation sites (tertiary alicyclic amines) is 1. The molecule has 2 rings (SSSR count). The van der Waals surface area contributed by atoms with Gasteiger partial charge in [0.2, 0.25) is 0 Å². The lowest BCUT2D eigenvalue weighted by Crippen LogP contribution is -2.47.